The van der Waals surface area contributed by atoms with Crippen LogP contribution < -0.4 is 15.0 Å². The summed E-state index contributed by atoms with van der Waals surface area (Å²) in [6.45, 7) is 6.26. The van der Waals surface area contributed by atoms with Gasteiger partial charge in [0.15, 0.2) is 0 Å². The minimum absolute atomic E-state index is 0.00151. The number of carbonyl (C=O) groups is 2. The summed E-state index contributed by atoms with van der Waals surface area (Å²) in [6.07, 6.45) is 4.07. The number of aryl methyl sites for hydroxylation is 1. The summed E-state index contributed by atoms with van der Waals surface area (Å²) in [5.41, 5.74) is 4.38. The highest BCUT2D eigenvalue weighted by atomic mass is 16.5. The first kappa shape index (κ1) is 26.4. The predicted octanol–water partition coefficient (Wildman–Crippen LogP) is 5.00. The van der Waals surface area contributed by atoms with E-state index in [1.54, 1.807) is 24.1 Å². The van der Waals surface area contributed by atoms with Crippen molar-refractivity contribution >= 4 is 17.5 Å². The molecule has 0 unspecified atom stereocenters. The zero-order valence-corrected chi connectivity index (χ0v) is 21.9. The van der Waals surface area contributed by atoms with E-state index in [-0.39, 0.29) is 18.2 Å². The minimum atomic E-state index is -0.123. The first-order valence-corrected chi connectivity index (χ1v) is 13.1. The van der Waals surface area contributed by atoms with E-state index in [1.807, 2.05) is 67.6 Å². The summed E-state index contributed by atoms with van der Waals surface area (Å²) in [5.74, 6) is 0.511. The van der Waals surface area contributed by atoms with E-state index in [2.05, 4.69) is 10.2 Å². The van der Waals surface area contributed by atoms with Gasteiger partial charge in [-0.1, -0.05) is 54.4 Å². The van der Waals surface area contributed by atoms with Gasteiger partial charge in [-0.25, -0.2) is 0 Å². The SMILES string of the molecule is COc1cccc(C(=O)N(Cc2ccc(C)cc2)c2cccc(CC(=O)NCCN3CCCCC3)c2)c1. The maximum Gasteiger partial charge on any atom is 0.258 e. The van der Waals surface area contributed by atoms with Crippen molar-refractivity contribution in [3.63, 3.8) is 0 Å². The van der Waals surface area contributed by atoms with Crippen molar-refractivity contribution in [1.29, 1.82) is 0 Å². The van der Waals surface area contributed by atoms with Gasteiger partial charge in [0.25, 0.3) is 5.91 Å². The largest absolute Gasteiger partial charge is 0.497 e. The van der Waals surface area contributed by atoms with E-state index in [0.29, 0.717) is 24.4 Å². The maximum atomic E-state index is 13.7. The van der Waals surface area contributed by atoms with Crippen LogP contribution >= 0.6 is 0 Å². The molecule has 1 aliphatic rings. The molecule has 4 rings (SSSR count). The number of benzene rings is 3. The molecule has 194 valence electrons. The Bertz CT molecular complexity index is 1190. The van der Waals surface area contributed by atoms with Gasteiger partial charge in [0.05, 0.1) is 20.1 Å². The molecule has 1 N–H and O–H groups in total. The topological polar surface area (TPSA) is 61.9 Å². The Morgan fingerprint density at radius 2 is 1.68 bits per heavy atom. The average Bonchev–Trinajstić information content (AvgIpc) is 2.93. The molecule has 1 fully saturated rings. The van der Waals surface area contributed by atoms with Crippen LogP contribution in [0.3, 0.4) is 0 Å². The Balaban J connectivity index is 1.48. The Labute approximate surface area is 220 Å². The first-order valence-electron chi connectivity index (χ1n) is 13.1. The van der Waals surface area contributed by atoms with Crippen LogP contribution in [0.2, 0.25) is 0 Å². The van der Waals surface area contributed by atoms with Gasteiger partial charge in [-0.15, -0.1) is 0 Å². The lowest BCUT2D eigenvalue weighted by Gasteiger charge is -2.26. The zero-order chi connectivity index (χ0) is 26.0. The fourth-order valence-corrected chi connectivity index (χ4v) is 4.69. The number of hydrogen-bond acceptors (Lipinski definition) is 4. The first-order chi connectivity index (χ1) is 18.0. The third-order valence-electron chi connectivity index (χ3n) is 6.81. The van der Waals surface area contributed by atoms with Crippen molar-refractivity contribution in [2.75, 3.05) is 38.2 Å². The monoisotopic (exact) mass is 499 g/mol. The number of carbonyl (C=O) groups excluding carboxylic acids is 2. The van der Waals surface area contributed by atoms with Gasteiger partial charge >= 0.3 is 0 Å². The van der Waals surface area contributed by atoms with Gasteiger partial charge in [0.2, 0.25) is 5.91 Å². The third-order valence-corrected chi connectivity index (χ3v) is 6.81. The molecule has 1 heterocycles. The van der Waals surface area contributed by atoms with Crippen molar-refractivity contribution in [3.05, 3.63) is 95.1 Å². The molecular formula is C31H37N3O3. The minimum Gasteiger partial charge on any atom is -0.497 e. The fraction of sp³-hybridized carbons (Fsp3) is 0.355. The van der Waals surface area contributed by atoms with Crippen molar-refractivity contribution in [2.24, 2.45) is 0 Å². The van der Waals surface area contributed by atoms with Crippen LogP contribution in [0.1, 0.15) is 46.3 Å². The number of piperidine rings is 1. The highest BCUT2D eigenvalue weighted by Crippen LogP contribution is 2.24. The average molecular weight is 500 g/mol. The summed E-state index contributed by atoms with van der Waals surface area (Å²) >= 11 is 0. The van der Waals surface area contributed by atoms with Gasteiger partial charge in [0.1, 0.15) is 5.75 Å². The van der Waals surface area contributed by atoms with Crippen LogP contribution in [-0.2, 0) is 17.8 Å². The van der Waals surface area contributed by atoms with Gasteiger partial charge in [-0.2, -0.15) is 0 Å². The number of nitrogens with zero attached hydrogens (tertiary/aromatic N) is 2. The molecule has 0 saturated carbocycles. The van der Waals surface area contributed by atoms with Crippen LogP contribution in [0.15, 0.2) is 72.8 Å². The highest BCUT2D eigenvalue weighted by molar-refractivity contribution is 6.06. The number of nitrogens with one attached hydrogen (secondary N) is 1. The van der Waals surface area contributed by atoms with Crippen LogP contribution in [0, 0.1) is 6.92 Å². The molecule has 1 aliphatic heterocycles. The molecule has 0 aliphatic carbocycles. The van der Waals surface area contributed by atoms with Crippen molar-refractivity contribution in [2.45, 2.75) is 39.2 Å². The lowest BCUT2D eigenvalue weighted by Crippen LogP contribution is -2.38. The van der Waals surface area contributed by atoms with Crippen LogP contribution in [-0.4, -0.2) is 50.0 Å². The Morgan fingerprint density at radius 1 is 0.919 bits per heavy atom. The van der Waals surface area contributed by atoms with E-state index in [1.165, 1.54) is 24.8 Å². The molecule has 6 nitrogen and oxygen atoms in total. The number of amides is 2. The predicted molar refractivity (Wildman–Crippen MR) is 148 cm³/mol. The Morgan fingerprint density at radius 3 is 2.43 bits per heavy atom. The number of rotatable bonds is 10. The second-order valence-electron chi connectivity index (χ2n) is 9.71. The van der Waals surface area contributed by atoms with E-state index < -0.39 is 0 Å². The number of ether oxygens (including phenoxy) is 1. The van der Waals surface area contributed by atoms with Crippen molar-refractivity contribution in [1.82, 2.24) is 10.2 Å². The van der Waals surface area contributed by atoms with E-state index in [0.717, 1.165) is 36.4 Å². The van der Waals surface area contributed by atoms with Crippen LogP contribution in [0.4, 0.5) is 5.69 Å². The van der Waals surface area contributed by atoms with E-state index in [9.17, 15) is 9.59 Å². The smallest absolute Gasteiger partial charge is 0.258 e. The van der Waals surface area contributed by atoms with Crippen molar-refractivity contribution < 1.29 is 14.3 Å². The molecule has 1 saturated heterocycles. The summed E-state index contributed by atoms with van der Waals surface area (Å²) in [4.78, 5) is 30.5. The summed E-state index contributed by atoms with van der Waals surface area (Å²) < 4.78 is 5.34. The van der Waals surface area contributed by atoms with Gasteiger partial charge in [0, 0.05) is 24.3 Å². The van der Waals surface area contributed by atoms with E-state index in [4.69, 9.17) is 4.74 Å². The number of hydrogen-bond donors (Lipinski definition) is 1. The molecule has 3 aromatic rings. The Kier molecular flexibility index (Phi) is 9.33. The molecule has 0 bridgehead atoms. The third kappa shape index (κ3) is 7.67. The number of likely N-dealkylation sites (tertiary alicyclic amines) is 1. The van der Waals surface area contributed by atoms with Gasteiger partial charge in [-0.3, -0.25) is 9.59 Å². The quantitative estimate of drug-likeness (QED) is 0.427. The molecule has 0 atom stereocenters. The molecule has 6 heteroatoms. The Hall–Kier alpha value is -3.64. The molecular weight excluding hydrogens is 462 g/mol. The van der Waals surface area contributed by atoms with Crippen LogP contribution in [0.5, 0.6) is 5.75 Å². The zero-order valence-electron chi connectivity index (χ0n) is 21.9. The fourth-order valence-electron chi connectivity index (χ4n) is 4.69. The molecule has 0 radical (unpaired) electrons. The van der Waals surface area contributed by atoms with Gasteiger partial charge < -0.3 is 19.9 Å². The summed E-state index contributed by atoms with van der Waals surface area (Å²) in [7, 11) is 1.59. The number of anilines is 1. The van der Waals surface area contributed by atoms with E-state index >= 15 is 0 Å². The van der Waals surface area contributed by atoms with Gasteiger partial charge in [-0.05, 0) is 74.3 Å². The van der Waals surface area contributed by atoms with Crippen molar-refractivity contribution in [3.8, 4) is 5.75 Å². The second-order valence-corrected chi connectivity index (χ2v) is 9.71. The molecule has 0 spiro atoms. The summed E-state index contributed by atoms with van der Waals surface area (Å²) in [5, 5.41) is 3.06. The van der Waals surface area contributed by atoms with Crippen LogP contribution in [0.25, 0.3) is 0 Å². The maximum absolute atomic E-state index is 13.7. The number of methoxy groups -OCH3 is 1. The summed E-state index contributed by atoms with van der Waals surface area (Å²) in [6, 6.07) is 23.1. The second kappa shape index (κ2) is 13.1. The molecule has 3 aromatic carbocycles. The standard InChI is InChI=1S/C31H37N3O3/c1-24-12-14-25(15-13-24)23-34(31(36)27-9-7-11-29(22-27)37-2)28-10-6-8-26(20-28)21-30(35)32-16-19-33-17-4-3-5-18-33/h6-15,20,22H,3-5,16-19,21,23H2,1-2H3,(H,32,35). The highest BCUT2D eigenvalue weighted by Gasteiger charge is 2.20. The lowest BCUT2D eigenvalue weighted by atomic mass is 10.1. The molecule has 2 amide bonds. The molecule has 0 aromatic heterocycles. The molecule has 37 heavy (non-hydrogen) atoms. The lowest BCUT2D eigenvalue weighted by molar-refractivity contribution is -0.120. The normalized spacial score (nSPS) is 13.7.